The van der Waals surface area contributed by atoms with Crippen LogP contribution in [0.4, 0.5) is 4.79 Å². The molecule has 0 bridgehead atoms. The number of carbonyl (C=O) groups is 2. The molecular formula is C40H79NO5. The first-order chi connectivity index (χ1) is 22.4. The van der Waals surface area contributed by atoms with Crippen molar-refractivity contribution in [2.24, 2.45) is 5.92 Å². The van der Waals surface area contributed by atoms with Crippen LogP contribution in [-0.4, -0.2) is 57.0 Å². The van der Waals surface area contributed by atoms with Crippen LogP contribution in [-0.2, 0) is 19.0 Å². The molecule has 6 heteroatoms. The molecule has 0 spiro atoms. The molecular weight excluding hydrogens is 574 g/mol. The van der Waals surface area contributed by atoms with E-state index >= 15 is 0 Å². The van der Waals surface area contributed by atoms with Crippen molar-refractivity contribution in [2.45, 2.75) is 207 Å². The van der Waals surface area contributed by atoms with Crippen LogP contribution in [0.1, 0.15) is 201 Å². The Kier molecular flexibility index (Phi) is 34.0. The average molecular weight is 654 g/mol. The fourth-order valence-corrected chi connectivity index (χ4v) is 6.25. The van der Waals surface area contributed by atoms with E-state index in [9.17, 15) is 9.59 Å². The molecule has 1 atom stereocenters. The predicted molar refractivity (Wildman–Crippen MR) is 196 cm³/mol. The fourth-order valence-electron chi connectivity index (χ4n) is 6.25. The highest BCUT2D eigenvalue weighted by molar-refractivity contribution is 5.69. The van der Waals surface area contributed by atoms with E-state index in [1.807, 2.05) is 14.1 Å². The van der Waals surface area contributed by atoms with E-state index in [4.69, 9.17) is 14.2 Å². The summed E-state index contributed by atoms with van der Waals surface area (Å²) in [6, 6.07) is 0. The summed E-state index contributed by atoms with van der Waals surface area (Å²) >= 11 is 0. The quantitative estimate of drug-likeness (QED) is 0.0501. The maximum atomic E-state index is 12.6. The molecule has 0 saturated heterocycles. The highest BCUT2D eigenvalue weighted by Gasteiger charge is 2.17. The normalized spacial score (nSPS) is 12.2. The van der Waals surface area contributed by atoms with Crippen molar-refractivity contribution in [3.63, 3.8) is 0 Å². The van der Waals surface area contributed by atoms with Crippen molar-refractivity contribution in [3.05, 3.63) is 0 Å². The second kappa shape index (κ2) is 35.0. The molecule has 0 radical (unpaired) electrons. The smallest absolute Gasteiger partial charge is 0.466 e. The molecule has 0 heterocycles. The summed E-state index contributed by atoms with van der Waals surface area (Å²) in [5.74, 6) is 0.618. The van der Waals surface area contributed by atoms with Gasteiger partial charge in [-0.2, -0.15) is 0 Å². The standard InChI is InChI=1S/C40H79NO5/c1-6-9-12-15-16-17-18-19-22-25-31-38(46-40(43)45-35-27-34-41(4)5)33-36-44-39(42)32-26-30-37(28-23-20-13-10-7-2)29-24-21-14-11-8-3/h37-38H,6-36H2,1-5H3. The Bertz CT molecular complexity index is 642. The Morgan fingerprint density at radius 3 is 1.46 bits per heavy atom. The molecule has 0 fully saturated rings. The number of rotatable bonds is 35. The van der Waals surface area contributed by atoms with Crippen LogP contribution in [0.2, 0.25) is 0 Å². The average Bonchev–Trinajstić information content (AvgIpc) is 3.03. The van der Waals surface area contributed by atoms with Gasteiger partial charge in [-0.15, -0.1) is 0 Å². The second-order valence-electron chi connectivity index (χ2n) is 14.1. The number of esters is 1. The molecule has 0 aliphatic heterocycles. The van der Waals surface area contributed by atoms with Crippen molar-refractivity contribution in [3.8, 4) is 0 Å². The summed E-state index contributed by atoms with van der Waals surface area (Å²) in [6.45, 7) is 8.32. The van der Waals surface area contributed by atoms with Crippen molar-refractivity contribution < 1.29 is 23.8 Å². The van der Waals surface area contributed by atoms with Gasteiger partial charge in [0.2, 0.25) is 0 Å². The van der Waals surface area contributed by atoms with Crippen molar-refractivity contribution >= 4 is 12.1 Å². The van der Waals surface area contributed by atoms with Gasteiger partial charge in [-0.1, -0.05) is 156 Å². The van der Waals surface area contributed by atoms with Gasteiger partial charge in [0.25, 0.3) is 0 Å². The van der Waals surface area contributed by atoms with Crippen LogP contribution in [0, 0.1) is 5.92 Å². The number of hydrogen-bond donors (Lipinski definition) is 0. The van der Waals surface area contributed by atoms with Gasteiger partial charge >= 0.3 is 12.1 Å². The number of nitrogens with zero attached hydrogens (tertiary/aromatic N) is 1. The van der Waals surface area contributed by atoms with Crippen LogP contribution < -0.4 is 0 Å². The Morgan fingerprint density at radius 2 is 0.957 bits per heavy atom. The van der Waals surface area contributed by atoms with Gasteiger partial charge < -0.3 is 19.1 Å². The molecule has 0 aromatic rings. The summed E-state index contributed by atoms with van der Waals surface area (Å²) in [4.78, 5) is 27.0. The molecule has 274 valence electrons. The number of unbranched alkanes of at least 4 members (excludes halogenated alkanes) is 17. The van der Waals surface area contributed by atoms with Gasteiger partial charge in [-0.25, -0.2) is 4.79 Å². The topological polar surface area (TPSA) is 65.1 Å². The summed E-state index contributed by atoms with van der Waals surface area (Å²) in [5, 5.41) is 0. The third kappa shape index (κ3) is 32.6. The van der Waals surface area contributed by atoms with Crippen LogP contribution in [0.25, 0.3) is 0 Å². The van der Waals surface area contributed by atoms with E-state index in [-0.39, 0.29) is 12.1 Å². The van der Waals surface area contributed by atoms with Gasteiger partial charge in [0.15, 0.2) is 0 Å². The van der Waals surface area contributed by atoms with Gasteiger partial charge in [-0.3, -0.25) is 4.79 Å². The third-order valence-corrected chi connectivity index (χ3v) is 9.24. The molecule has 0 rings (SSSR count). The van der Waals surface area contributed by atoms with Crippen molar-refractivity contribution in [2.75, 3.05) is 33.9 Å². The molecule has 0 amide bonds. The van der Waals surface area contributed by atoms with Gasteiger partial charge in [0.1, 0.15) is 6.10 Å². The Balaban J connectivity index is 4.50. The molecule has 0 aromatic heterocycles. The first-order valence-corrected chi connectivity index (χ1v) is 20.1. The molecule has 0 aromatic carbocycles. The molecule has 0 aliphatic carbocycles. The van der Waals surface area contributed by atoms with Crippen molar-refractivity contribution in [1.82, 2.24) is 4.90 Å². The van der Waals surface area contributed by atoms with Gasteiger partial charge in [0, 0.05) is 19.4 Å². The minimum atomic E-state index is -0.599. The van der Waals surface area contributed by atoms with E-state index in [2.05, 4.69) is 25.7 Å². The molecule has 0 saturated carbocycles. The Hall–Kier alpha value is -1.30. The lowest BCUT2D eigenvalue weighted by Crippen LogP contribution is -2.23. The fraction of sp³-hybridized carbons (Fsp3) is 0.950. The number of hydrogen-bond acceptors (Lipinski definition) is 6. The zero-order valence-electron chi connectivity index (χ0n) is 31.6. The maximum Gasteiger partial charge on any atom is 0.508 e. The van der Waals surface area contributed by atoms with Crippen molar-refractivity contribution in [1.29, 1.82) is 0 Å². The first kappa shape index (κ1) is 44.7. The minimum absolute atomic E-state index is 0.117. The van der Waals surface area contributed by atoms with E-state index < -0.39 is 6.16 Å². The Morgan fingerprint density at radius 1 is 0.500 bits per heavy atom. The lowest BCUT2D eigenvalue weighted by molar-refractivity contribution is -0.144. The molecule has 1 unspecified atom stereocenters. The Labute approximate surface area is 286 Å². The summed E-state index contributed by atoms with van der Waals surface area (Å²) in [6.07, 6.45) is 32.4. The zero-order chi connectivity index (χ0) is 33.9. The van der Waals surface area contributed by atoms with E-state index in [1.165, 1.54) is 128 Å². The summed E-state index contributed by atoms with van der Waals surface area (Å²) in [5.41, 5.74) is 0. The molecule has 0 aliphatic rings. The SMILES string of the molecule is CCCCCCCCCCCCC(CCOC(=O)CCCC(CCCCCCC)CCCCCCC)OC(=O)OCCCN(C)C. The largest absolute Gasteiger partial charge is 0.508 e. The third-order valence-electron chi connectivity index (χ3n) is 9.24. The van der Waals surface area contributed by atoms with Crippen LogP contribution in [0.5, 0.6) is 0 Å². The number of ether oxygens (including phenoxy) is 3. The lowest BCUT2D eigenvalue weighted by atomic mass is 9.90. The number of carbonyl (C=O) groups excluding carboxylic acids is 2. The maximum absolute atomic E-state index is 12.6. The van der Waals surface area contributed by atoms with E-state index in [1.54, 1.807) is 0 Å². The summed E-state index contributed by atoms with van der Waals surface area (Å²) in [7, 11) is 4.01. The first-order valence-electron chi connectivity index (χ1n) is 20.1. The highest BCUT2D eigenvalue weighted by atomic mass is 16.7. The van der Waals surface area contributed by atoms with Gasteiger partial charge in [-0.05, 0) is 52.1 Å². The van der Waals surface area contributed by atoms with Crippen LogP contribution >= 0.6 is 0 Å². The molecule has 6 nitrogen and oxygen atoms in total. The van der Waals surface area contributed by atoms with Crippen LogP contribution in [0.15, 0.2) is 0 Å². The molecule has 46 heavy (non-hydrogen) atoms. The monoisotopic (exact) mass is 654 g/mol. The molecule has 0 N–H and O–H groups in total. The lowest BCUT2D eigenvalue weighted by Gasteiger charge is -2.18. The van der Waals surface area contributed by atoms with E-state index in [0.29, 0.717) is 26.1 Å². The minimum Gasteiger partial charge on any atom is -0.466 e. The summed E-state index contributed by atoms with van der Waals surface area (Å²) < 4.78 is 16.7. The zero-order valence-corrected chi connectivity index (χ0v) is 31.6. The van der Waals surface area contributed by atoms with Gasteiger partial charge in [0.05, 0.1) is 13.2 Å². The predicted octanol–water partition coefficient (Wildman–Crippen LogP) is 12.2. The second-order valence-corrected chi connectivity index (χ2v) is 14.1. The highest BCUT2D eigenvalue weighted by Crippen LogP contribution is 2.24. The van der Waals surface area contributed by atoms with E-state index in [0.717, 1.165) is 51.0 Å². The van der Waals surface area contributed by atoms with Crippen LogP contribution in [0.3, 0.4) is 0 Å².